The molecule has 4 aromatic carbocycles. The number of hydrogen-bond donors (Lipinski definition) is 0. The van der Waals surface area contributed by atoms with Crippen LogP contribution in [0.5, 0.6) is 0 Å². The van der Waals surface area contributed by atoms with Gasteiger partial charge in [-0.2, -0.15) is 0 Å². The van der Waals surface area contributed by atoms with Crippen molar-refractivity contribution in [2.24, 2.45) is 0 Å². The third-order valence-corrected chi connectivity index (χ3v) is 8.50. The van der Waals surface area contributed by atoms with Gasteiger partial charge in [0.15, 0.2) is 0 Å². The molecule has 0 aliphatic heterocycles. The van der Waals surface area contributed by atoms with Gasteiger partial charge in [-0.3, -0.25) is 0 Å². The molecule has 0 radical (unpaired) electrons. The van der Waals surface area contributed by atoms with Gasteiger partial charge in [-0.25, -0.2) is 0 Å². The number of benzene rings is 4. The van der Waals surface area contributed by atoms with Crippen molar-refractivity contribution in [3.63, 3.8) is 0 Å². The first-order valence-electron chi connectivity index (χ1n) is 17.6. The van der Waals surface area contributed by atoms with Crippen LogP contribution < -0.4 is 9.80 Å². The summed E-state index contributed by atoms with van der Waals surface area (Å²) in [5.74, 6) is 12.5. The van der Waals surface area contributed by atoms with Gasteiger partial charge >= 0.3 is 0 Å². The van der Waals surface area contributed by atoms with E-state index in [1.54, 1.807) is 0 Å². The minimum absolute atomic E-state index is 0.974. The van der Waals surface area contributed by atoms with Crippen molar-refractivity contribution in [2.45, 2.75) is 79.1 Å². The van der Waals surface area contributed by atoms with E-state index in [1.165, 1.54) is 85.0 Å². The summed E-state index contributed by atoms with van der Waals surface area (Å²) in [4.78, 5) is 5.06. The lowest BCUT2D eigenvalue weighted by atomic mass is 10.0. The maximum atomic E-state index is 3.20. The van der Waals surface area contributed by atoms with Crippen LogP contribution in [-0.4, -0.2) is 26.2 Å². The Labute approximate surface area is 279 Å². The maximum Gasteiger partial charge on any atom is 0.0366 e. The van der Waals surface area contributed by atoms with Crippen LogP contribution in [0.25, 0.3) is 22.3 Å². The Balaban J connectivity index is 1.34. The molecule has 0 saturated carbocycles. The molecule has 0 unspecified atom stereocenters. The van der Waals surface area contributed by atoms with Gasteiger partial charge in [-0.05, 0) is 108 Å². The van der Waals surface area contributed by atoms with Crippen molar-refractivity contribution in [1.29, 1.82) is 0 Å². The molecule has 4 rings (SSSR count). The van der Waals surface area contributed by atoms with E-state index in [9.17, 15) is 0 Å². The average Bonchev–Trinajstić information content (AvgIpc) is 3.11. The molecule has 0 heterocycles. The zero-order valence-electron chi connectivity index (χ0n) is 28.6. The monoisotopic (exact) mass is 608 g/mol. The Bertz CT molecular complexity index is 1420. The normalized spacial score (nSPS) is 10.4. The fourth-order valence-corrected chi connectivity index (χ4v) is 5.56. The SMILES string of the molecule is CCCCN(CCCC)c1ccc(-c2ccc(C#CC#Cc3ccc(-c4ccc(N(CCCC)CCCC)cc4)cc3)cc2)cc1. The number of unbranched alkanes of at least 4 members (excludes halogenated alkanes) is 4. The Kier molecular flexibility index (Phi) is 14.4. The topological polar surface area (TPSA) is 6.48 Å². The summed E-state index contributed by atoms with van der Waals surface area (Å²) >= 11 is 0. The zero-order valence-corrected chi connectivity index (χ0v) is 28.6. The van der Waals surface area contributed by atoms with E-state index in [1.807, 2.05) is 0 Å². The van der Waals surface area contributed by atoms with Crippen LogP contribution in [-0.2, 0) is 0 Å². The van der Waals surface area contributed by atoms with Crippen LogP contribution in [0.15, 0.2) is 97.1 Å². The Hall–Kier alpha value is -4.40. The van der Waals surface area contributed by atoms with Gasteiger partial charge in [0, 0.05) is 48.7 Å². The first kappa shape index (κ1) is 34.5. The molecule has 2 heteroatoms. The number of rotatable bonds is 16. The minimum Gasteiger partial charge on any atom is -0.372 e. The van der Waals surface area contributed by atoms with Gasteiger partial charge < -0.3 is 9.80 Å². The summed E-state index contributed by atoms with van der Waals surface area (Å²) in [5, 5.41) is 0. The molecule has 0 bridgehead atoms. The predicted molar refractivity (Wildman–Crippen MR) is 202 cm³/mol. The summed E-state index contributed by atoms with van der Waals surface area (Å²) in [7, 11) is 0. The lowest BCUT2D eigenvalue weighted by molar-refractivity contribution is 0.678. The second kappa shape index (κ2) is 19.2. The molecule has 0 N–H and O–H groups in total. The smallest absolute Gasteiger partial charge is 0.0366 e. The van der Waals surface area contributed by atoms with Crippen molar-refractivity contribution in [3.8, 4) is 45.9 Å². The molecule has 0 aliphatic carbocycles. The third kappa shape index (κ3) is 10.6. The van der Waals surface area contributed by atoms with Crippen LogP contribution in [0.2, 0.25) is 0 Å². The highest BCUT2D eigenvalue weighted by Crippen LogP contribution is 2.26. The van der Waals surface area contributed by atoms with E-state index in [4.69, 9.17) is 0 Å². The zero-order chi connectivity index (χ0) is 32.4. The van der Waals surface area contributed by atoms with Crippen LogP contribution in [0.3, 0.4) is 0 Å². The van der Waals surface area contributed by atoms with Crippen LogP contribution in [0.1, 0.15) is 90.2 Å². The quantitative estimate of drug-likeness (QED) is 0.117. The van der Waals surface area contributed by atoms with Crippen molar-refractivity contribution < 1.29 is 0 Å². The fourth-order valence-electron chi connectivity index (χ4n) is 5.56. The number of anilines is 2. The molecule has 0 aromatic heterocycles. The predicted octanol–water partition coefficient (Wildman–Crippen LogP) is 11.2. The fraction of sp³-hybridized carbons (Fsp3) is 0.364. The number of hydrogen-bond acceptors (Lipinski definition) is 2. The summed E-state index contributed by atoms with van der Waals surface area (Å²) < 4.78 is 0. The van der Waals surface area contributed by atoms with Gasteiger partial charge in [0.1, 0.15) is 0 Å². The lowest BCUT2D eigenvalue weighted by Crippen LogP contribution is -2.25. The number of nitrogens with zero attached hydrogens (tertiary/aromatic N) is 2. The van der Waals surface area contributed by atoms with Gasteiger partial charge in [0.05, 0.1) is 0 Å². The van der Waals surface area contributed by atoms with E-state index in [-0.39, 0.29) is 0 Å². The molecule has 0 atom stereocenters. The van der Waals surface area contributed by atoms with Gasteiger partial charge in [0.25, 0.3) is 0 Å². The summed E-state index contributed by atoms with van der Waals surface area (Å²) in [6.07, 6.45) is 9.83. The van der Waals surface area contributed by atoms with Gasteiger partial charge in [-0.15, -0.1) is 0 Å². The Morgan fingerprint density at radius 1 is 0.370 bits per heavy atom. The molecule has 238 valence electrons. The molecule has 4 aromatic rings. The van der Waals surface area contributed by atoms with Gasteiger partial charge in [0.2, 0.25) is 0 Å². The van der Waals surface area contributed by atoms with E-state index >= 15 is 0 Å². The Morgan fingerprint density at radius 2 is 0.630 bits per heavy atom. The van der Waals surface area contributed by atoms with Crippen molar-refractivity contribution in [1.82, 2.24) is 0 Å². The van der Waals surface area contributed by atoms with E-state index < -0.39 is 0 Å². The van der Waals surface area contributed by atoms with Crippen LogP contribution >= 0.6 is 0 Å². The molecule has 0 saturated heterocycles. The second-order valence-corrected chi connectivity index (χ2v) is 12.1. The van der Waals surface area contributed by atoms with Crippen molar-refractivity contribution >= 4 is 11.4 Å². The average molecular weight is 609 g/mol. The molecule has 2 nitrogen and oxygen atoms in total. The largest absolute Gasteiger partial charge is 0.372 e. The lowest BCUT2D eigenvalue weighted by Gasteiger charge is -2.25. The summed E-state index contributed by atoms with van der Waals surface area (Å²) in [6.45, 7) is 13.6. The molecular weight excluding hydrogens is 556 g/mol. The minimum atomic E-state index is 0.974. The standard InChI is InChI=1S/C44H52N2/c1-5-9-33-45(34-10-6-2)43-29-25-41(26-30-43)39-21-17-37(18-22-39)15-13-14-16-38-19-23-40(24-20-38)42-27-31-44(32-28-42)46(35-11-7-3)36-12-8-4/h17-32H,5-12,33-36H2,1-4H3. The highest BCUT2D eigenvalue weighted by Gasteiger charge is 2.08. The second-order valence-electron chi connectivity index (χ2n) is 12.1. The maximum absolute atomic E-state index is 3.20. The molecule has 0 aliphatic rings. The molecular formula is C44H52N2. The molecule has 0 spiro atoms. The first-order valence-corrected chi connectivity index (χ1v) is 17.6. The van der Waals surface area contributed by atoms with E-state index in [0.29, 0.717) is 0 Å². The molecule has 0 amide bonds. The van der Waals surface area contributed by atoms with Crippen LogP contribution in [0, 0.1) is 23.7 Å². The van der Waals surface area contributed by atoms with E-state index in [2.05, 4.69) is 158 Å². The van der Waals surface area contributed by atoms with Crippen molar-refractivity contribution in [3.05, 3.63) is 108 Å². The highest BCUT2D eigenvalue weighted by atomic mass is 15.1. The van der Waals surface area contributed by atoms with Crippen molar-refractivity contribution in [2.75, 3.05) is 36.0 Å². The van der Waals surface area contributed by atoms with Crippen LogP contribution in [0.4, 0.5) is 11.4 Å². The summed E-state index contributed by atoms with van der Waals surface area (Å²) in [5.41, 5.74) is 9.46. The summed E-state index contributed by atoms with van der Waals surface area (Å²) in [6, 6.07) is 35.0. The molecule has 46 heavy (non-hydrogen) atoms. The van der Waals surface area contributed by atoms with Gasteiger partial charge in [-0.1, -0.05) is 114 Å². The Morgan fingerprint density at radius 3 is 0.891 bits per heavy atom. The third-order valence-electron chi connectivity index (χ3n) is 8.50. The molecule has 0 fully saturated rings. The van der Waals surface area contributed by atoms with E-state index in [0.717, 1.165) is 37.3 Å². The highest BCUT2D eigenvalue weighted by molar-refractivity contribution is 5.68. The first-order chi connectivity index (χ1) is 22.6.